The summed E-state index contributed by atoms with van der Waals surface area (Å²) in [5.41, 5.74) is 0.309. The zero-order chi connectivity index (χ0) is 11.7. The maximum absolute atomic E-state index is 5.16. The van der Waals surface area contributed by atoms with Crippen molar-refractivity contribution >= 4 is 0 Å². The van der Waals surface area contributed by atoms with Crippen LogP contribution in [-0.2, 0) is 9.47 Å². The Morgan fingerprint density at radius 2 is 1.73 bits per heavy atom. The van der Waals surface area contributed by atoms with Gasteiger partial charge in [-0.05, 0) is 17.8 Å². The molecule has 3 nitrogen and oxygen atoms in total. The van der Waals surface area contributed by atoms with Crippen LogP contribution in [0.4, 0.5) is 0 Å². The molecule has 0 spiro atoms. The molecule has 0 aromatic carbocycles. The van der Waals surface area contributed by atoms with Crippen molar-refractivity contribution in [1.82, 2.24) is 5.32 Å². The van der Waals surface area contributed by atoms with Crippen molar-refractivity contribution in [2.24, 2.45) is 11.3 Å². The molecular weight excluding hydrogens is 190 g/mol. The van der Waals surface area contributed by atoms with E-state index in [0.29, 0.717) is 11.3 Å². The van der Waals surface area contributed by atoms with Gasteiger partial charge in [-0.25, -0.2) is 0 Å². The molecule has 0 fully saturated rings. The molecule has 92 valence electrons. The summed E-state index contributed by atoms with van der Waals surface area (Å²) in [6.45, 7) is 10.4. The lowest BCUT2D eigenvalue weighted by atomic mass is 9.76. The van der Waals surface area contributed by atoms with Crippen LogP contribution < -0.4 is 5.32 Å². The Labute approximate surface area is 94.5 Å². The summed E-state index contributed by atoms with van der Waals surface area (Å²) >= 11 is 0. The summed E-state index contributed by atoms with van der Waals surface area (Å²) in [7, 11) is 3.49. The summed E-state index contributed by atoms with van der Waals surface area (Å²) in [6, 6.07) is 0. The van der Waals surface area contributed by atoms with Gasteiger partial charge in [0, 0.05) is 33.9 Å². The fourth-order valence-electron chi connectivity index (χ4n) is 1.46. The van der Waals surface area contributed by atoms with Gasteiger partial charge >= 0.3 is 0 Å². The summed E-state index contributed by atoms with van der Waals surface area (Å²) < 4.78 is 10.2. The molecule has 0 bridgehead atoms. The van der Waals surface area contributed by atoms with Gasteiger partial charge in [0.15, 0.2) is 0 Å². The van der Waals surface area contributed by atoms with Crippen LogP contribution >= 0.6 is 0 Å². The molecule has 3 heteroatoms. The lowest BCUT2D eigenvalue weighted by Gasteiger charge is -2.34. The van der Waals surface area contributed by atoms with Gasteiger partial charge in [-0.15, -0.1) is 0 Å². The van der Waals surface area contributed by atoms with Crippen molar-refractivity contribution in [3.8, 4) is 0 Å². The molecule has 0 aliphatic rings. The molecule has 0 aliphatic heterocycles. The molecule has 0 radical (unpaired) electrons. The van der Waals surface area contributed by atoms with E-state index in [0.717, 1.165) is 32.7 Å². The molecule has 0 aromatic heterocycles. The number of hydrogen-bond acceptors (Lipinski definition) is 3. The van der Waals surface area contributed by atoms with Gasteiger partial charge in [0.1, 0.15) is 0 Å². The van der Waals surface area contributed by atoms with E-state index in [4.69, 9.17) is 9.47 Å². The molecule has 1 N–H and O–H groups in total. The van der Waals surface area contributed by atoms with E-state index in [9.17, 15) is 0 Å². The van der Waals surface area contributed by atoms with E-state index >= 15 is 0 Å². The zero-order valence-electron chi connectivity index (χ0n) is 10.9. The number of hydrogen-bond donors (Lipinski definition) is 1. The second kappa shape index (κ2) is 8.08. The summed E-state index contributed by atoms with van der Waals surface area (Å²) in [4.78, 5) is 0. The van der Waals surface area contributed by atoms with Crippen LogP contribution in [0.1, 0.15) is 27.2 Å². The number of nitrogens with one attached hydrogen (secondary N) is 1. The molecule has 0 heterocycles. The molecular formula is C12H27NO2. The Morgan fingerprint density at radius 3 is 2.20 bits per heavy atom. The van der Waals surface area contributed by atoms with Gasteiger partial charge in [0.2, 0.25) is 0 Å². The predicted octanol–water partition coefficient (Wildman–Crippen LogP) is 1.92. The van der Waals surface area contributed by atoms with E-state index in [2.05, 4.69) is 26.1 Å². The summed E-state index contributed by atoms with van der Waals surface area (Å²) in [5, 5.41) is 3.44. The van der Waals surface area contributed by atoms with E-state index in [1.807, 2.05) is 0 Å². The highest BCUT2D eigenvalue weighted by atomic mass is 16.5. The molecule has 0 saturated carbocycles. The first kappa shape index (κ1) is 14.9. The van der Waals surface area contributed by atoms with Crippen LogP contribution in [0.2, 0.25) is 0 Å². The topological polar surface area (TPSA) is 30.5 Å². The minimum Gasteiger partial charge on any atom is -0.385 e. The van der Waals surface area contributed by atoms with Crippen LogP contribution in [0.5, 0.6) is 0 Å². The Balaban J connectivity index is 3.90. The molecule has 0 aromatic rings. The third-order valence-electron chi connectivity index (χ3n) is 3.28. The minimum atomic E-state index is 0.309. The number of ether oxygens (including phenoxy) is 2. The highest BCUT2D eigenvalue weighted by Gasteiger charge is 2.27. The van der Waals surface area contributed by atoms with Crippen molar-refractivity contribution in [3.63, 3.8) is 0 Å². The van der Waals surface area contributed by atoms with Gasteiger partial charge in [-0.3, -0.25) is 0 Å². The standard InChI is InChI=1S/C12H27NO2/c1-11(2)12(3,6-8-14-4)10-13-7-9-15-5/h11,13H,6-10H2,1-5H3. The van der Waals surface area contributed by atoms with Crippen molar-refractivity contribution in [1.29, 1.82) is 0 Å². The van der Waals surface area contributed by atoms with E-state index in [-0.39, 0.29) is 0 Å². The minimum absolute atomic E-state index is 0.309. The highest BCUT2D eigenvalue weighted by Crippen LogP contribution is 2.30. The quantitative estimate of drug-likeness (QED) is 0.599. The molecule has 15 heavy (non-hydrogen) atoms. The molecule has 1 unspecified atom stereocenters. The fraction of sp³-hybridized carbons (Fsp3) is 1.00. The molecule has 0 rings (SSSR count). The van der Waals surface area contributed by atoms with Gasteiger partial charge in [0.25, 0.3) is 0 Å². The molecule has 0 saturated heterocycles. The first-order valence-electron chi connectivity index (χ1n) is 5.75. The van der Waals surface area contributed by atoms with Gasteiger partial charge in [-0.1, -0.05) is 20.8 Å². The van der Waals surface area contributed by atoms with Crippen LogP contribution in [0, 0.1) is 11.3 Å². The Hall–Kier alpha value is -0.120. The first-order chi connectivity index (χ1) is 7.06. The first-order valence-corrected chi connectivity index (χ1v) is 5.75. The average molecular weight is 217 g/mol. The Morgan fingerprint density at radius 1 is 1.13 bits per heavy atom. The molecule has 0 amide bonds. The van der Waals surface area contributed by atoms with Gasteiger partial charge in [-0.2, -0.15) is 0 Å². The van der Waals surface area contributed by atoms with Crippen LogP contribution in [0.3, 0.4) is 0 Å². The lowest BCUT2D eigenvalue weighted by molar-refractivity contribution is 0.108. The van der Waals surface area contributed by atoms with E-state index in [1.165, 1.54) is 0 Å². The van der Waals surface area contributed by atoms with Crippen LogP contribution in [0.15, 0.2) is 0 Å². The maximum Gasteiger partial charge on any atom is 0.0587 e. The fourth-order valence-corrected chi connectivity index (χ4v) is 1.46. The van der Waals surface area contributed by atoms with Gasteiger partial charge in [0.05, 0.1) is 6.61 Å². The van der Waals surface area contributed by atoms with Crippen molar-refractivity contribution in [3.05, 3.63) is 0 Å². The normalized spacial score (nSPS) is 15.6. The van der Waals surface area contributed by atoms with E-state index in [1.54, 1.807) is 14.2 Å². The maximum atomic E-state index is 5.16. The Bertz CT molecular complexity index is 151. The van der Waals surface area contributed by atoms with Crippen molar-refractivity contribution in [2.75, 3.05) is 40.5 Å². The van der Waals surface area contributed by atoms with Crippen molar-refractivity contribution < 1.29 is 9.47 Å². The van der Waals surface area contributed by atoms with Crippen molar-refractivity contribution in [2.45, 2.75) is 27.2 Å². The predicted molar refractivity (Wildman–Crippen MR) is 64.2 cm³/mol. The lowest BCUT2D eigenvalue weighted by Crippen LogP contribution is -2.38. The highest BCUT2D eigenvalue weighted by molar-refractivity contribution is 4.80. The van der Waals surface area contributed by atoms with Crippen LogP contribution in [0.25, 0.3) is 0 Å². The van der Waals surface area contributed by atoms with Gasteiger partial charge < -0.3 is 14.8 Å². The monoisotopic (exact) mass is 217 g/mol. The third-order valence-corrected chi connectivity index (χ3v) is 3.28. The average Bonchev–Trinajstić information content (AvgIpc) is 2.21. The second-order valence-electron chi connectivity index (χ2n) is 4.72. The SMILES string of the molecule is COCCNCC(C)(CCOC)C(C)C. The largest absolute Gasteiger partial charge is 0.385 e. The smallest absolute Gasteiger partial charge is 0.0587 e. The van der Waals surface area contributed by atoms with Crippen LogP contribution in [-0.4, -0.2) is 40.5 Å². The molecule has 1 atom stereocenters. The number of methoxy groups -OCH3 is 2. The summed E-state index contributed by atoms with van der Waals surface area (Å²) in [5.74, 6) is 0.655. The number of rotatable bonds is 9. The zero-order valence-corrected chi connectivity index (χ0v) is 10.9. The molecule has 0 aliphatic carbocycles. The summed E-state index contributed by atoms with van der Waals surface area (Å²) in [6.07, 6.45) is 1.10. The van der Waals surface area contributed by atoms with E-state index < -0.39 is 0 Å². The third kappa shape index (κ3) is 6.13. The Kier molecular flexibility index (Phi) is 8.02. The second-order valence-corrected chi connectivity index (χ2v) is 4.72.